The lowest BCUT2D eigenvalue weighted by molar-refractivity contribution is 0.950. The summed E-state index contributed by atoms with van der Waals surface area (Å²) in [6.07, 6.45) is 14.9. The molecule has 0 fully saturated rings. The second-order valence-corrected chi connectivity index (χ2v) is 9.52. The first-order valence-corrected chi connectivity index (χ1v) is 12.8. The standard InChI is InChI=1S/C31H28N8/c1-4-8-28(39-18-20(2)34-19-39)29-21(3)35-31(36-29)30-25-14-26(33-17-27(25)37-38-30)24-13-23(15-32-16-24)12-11-22-9-6-5-7-10-22/h4-10,13-19H,1,11-12H2,2-3H3,(H,35,36)(H,37,38)/b28-8+. The molecule has 5 aromatic heterocycles. The minimum atomic E-state index is 0.674. The third-order valence-electron chi connectivity index (χ3n) is 6.70. The Morgan fingerprint density at radius 2 is 1.85 bits per heavy atom. The van der Waals surface area contributed by atoms with E-state index in [-0.39, 0.29) is 0 Å². The van der Waals surface area contributed by atoms with E-state index in [0.717, 1.165) is 63.5 Å². The summed E-state index contributed by atoms with van der Waals surface area (Å²) in [5, 5.41) is 8.62. The maximum Gasteiger partial charge on any atom is 0.159 e. The van der Waals surface area contributed by atoms with E-state index in [0.29, 0.717) is 5.82 Å². The average Bonchev–Trinajstić information content (AvgIpc) is 3.69. The number of hydrogen-bond acceptors (Lipinski definition) is 5. The Morgan fingerprint density at radius 3 is 2.64 bits per heavy atom. The highest BCUT2D eigenvalue weighted by molar-refractivity contribution is 5.93. The van der Waals surface area contributed by atoms with Crippen LogP contribution in [0.3, 0.4) is 0 Å². The van der Waals surface area contributed by atoms with Crippen molar-refractivity contribution < 1.29 is 0 Å². The third kappa shape index (κ3) is 4.92. The lowest BCUT2D eigenvalue weighted by Gasteiger charge is -2.06. The highest BCUT2D eigenvalue weighted by Crippen LogP contribution is 2.30. The number of nitrogens with one attached hydrogen (secondary N) is 2. The van der Waals surface area contributed by atoms with Crippen LogP contribution in [-0.4, -0.2) is 39.7 Å². The van der Waals surface area contributed by atoms with Gasteiger partial charge in [0.25, 0.3) is 0 Å². The molecule has 8 heteroatoms. The summed E-state index contributed by atoms with van der Waals surface area (Å²) in [5.74, 6) is 0.674. The van der Waals surface area contributed by atoms with Crippen molar-refractivity contribution in [3.05, 3.63) is 121 Å². The second kappa shape index (κ2) is 10.3. The molecule has 0 saturated carbocycles. The molecule has 6 aromatic rings. The van der Waals surface area contributed by atoms with E-state index in [1.54, 1.807) is 12.4 Å². The van der Waals surface area contributed by atoms with Crippen LogP contribution in [-0.2, 0) is 12.8 Å². The van der Waals surface area contributed by atoms with Crippen molar-refractivity contribution in [3.63, 3.8) is 0 Å². The average molecular weight is 513 g/mol. The third-order valence-corrected chi connectivity index (χ3v) is 6.70. The molecule has 0 aliphatic heterocycles. The first-order chi connectivity index (χ1) is 19.1. The summed E-state index contributed by atoms with van der Waals surface area (Å²) >= 11 is 0. The monoisotopic (exact) mass is 512 g/mol. The van der Waals surface area contributed by atoms with Gasteiger partial charge in [0.05, 0.1) is 35.1 Å². The summed E-state index contributed by atoms with van der Waals surface area (Å²) < 4.78 is 1.95. The molecule has 6 rings (SSSR count). The van der Waals surface area contributed by atoms with E-state index in [1.807, 2.05) is 61.4 Å². The van der Waals surface area contributed by atoms with Gasteiger partial charge in [0.1, 0.15) is 11.4 Å². The minimum Gasteiger partial charge on any atom is -0.340 e. The van der Waals surface area contributed by atoms with Gasteiger partial charge in [-0.3, -0.25) is 15.1 Å². The first kappa shape index (κ1) is 24.2. The van der Waals surface area contributed by atoms with Crippen LogP contribution in [0.5, 0.6) is 0 Å². The van der Waals surface area contributed by atoms with Gasteiger partial charge in [-0.2, -0.15) is 5.10 Å². The zero-order valence-corrected chi connectivity index (χ0v) is 21.9. The van der Waals surface area contributed by atoms with Crippen molar-refractivity contribution in [2.75, 3.05) is 0 Å². The van der Waals surface area contributed by atoms with E-state index in [9.17, 15) is 0 Å². The van der Waals surface area contributed by atoms with Gasteiger partial charge in [-0.25, -0.2) is 9.97 Å². The number of benzene rings is 1. The Hall–Kier alpha value is -5.11. The molecule has 5 heterocycles. The zero-order valence-electron chi connectivity index (χ0n) is 21.9. The van der Waals surface area contributed by atoms with Gasteiger partial charge in [0, 0.05) is 35.2 Å². The van der Waals surface area contributed by atoms with Crippen molar-refractivity contribution >= 4 is 16.6 Å². The minimum absolute atomic E-state index is 0.674. The number of H-pyrrole nitrogens is 2. The number of allylic oxidation sites excluding steroid dienone is 2. The number of nitrogens with zero attached hydrogens (tertiary/aromatic N) is 6. The maximum atomic E-state index is 4.94. The Labute approximate surface area is 226 Å². The van der Waals surface area contributed by atoms with E-state index >= 15 is 0 Å². The molecule has 1 aromatic carbocycles. The normalized spacial score (nSPS) is 11.8. The van der Waals surface area contributed by atoms with Crippen molar-refractivity contribution in [2.45, 2.75) is 26.7 Å². The molecule has 0 bridgehead atoms. The van der Waals surface area contributed by atoms with Crippen LogP contribution in [0.2, 0.25) is 0 Å². The van der Waals surface area contributed by atoms with Gasteiger partial charge >= 0.3 is 0 Å². The Kier molecular flexibility index (Phi) is 6.42. The lowest BCUT2D eigenvalue weighted by Crippen LogP contribution is -1.98. The second-order valence-electron chi connectivity index (χ2n) is 9.52. The van der Waals surface area contributed by atoms with E-state index in [1.165, 1.54) is 11.1 Å². The smallest absolute Gasteiger partial charge is 0.159 e. The molecule has 0 aliphatic rings. The number of fused-ring (bicyclic) bond motifs is 1. The first-order valence-electron chi connectivity index (χ1n) is 12.8. The topological polar surface area (TPSA) is 101 Å². The molecular formula is C31H28N8. The largest absolute Gasteiger partial charge is 0.340 e. The molecule has 192 valence electrons. The molecule has 8 nitrogen and oxygen atoms in total. The molecule has 0 saturated heterocycles. The van der Waals surface area contributed by atoms with Gasteiger partial charge in [0.2, 0.25) is 0 Å². The quantitative estimate of drug-likeness (QED) is 0.241. The number of imidazole rings is 2. The number of aryl methyl sites for hydroxylation is 4. The summed E-state index contributed by atoms with van der Waals surface area (Å²) in [6.45, 7) is 7.84. The number of aromatic nitrogens is 8. The molecule has 0 amide bonds. The lowest BCUT2D eigenvalue weighted by atomic mass is 10.0. The highest BCUT2D eigenvalue weighted by Gasteiger charge is 2.18. The van der Waals surface area contributed by atoms with Gasteiger partial charge in [0.15, 0.2) is 5.82 Å². The molecule has 2 N–H and O–H groups in total. The number of hydrogen-bond donors (Lipinski definition) is 2. The maximum absolute atomic E-state index is 4.94. The van der Waals surface area contributed by atoms with Crippen LogP contribution in [0.1, 0.15) is 28.2 Å². The van der Waals surface area contributed by atoms with Gasteiger partial charge < -0.3 is 9.55 Å². The summed E-state index contributed by atoms with van der Waals surface area (Å²) in [4.78, 5) is 21.9. The molecule has 0 aliphatic carbocycles. The van der Waals surface area contributed by atoms with Crippen molar-refractivity contribution in [2.24, 2.45) is 0 Å². The van der Waals surface area contributed by atoms with Crippen molar-refractivity contribution in [3.8, 4) is 22.8 Å². The number of rotatable bonds is 8. The van der Waals surface area contributed by atoms with Crippen LogP contribution < -0.4 is 0 Å². The summed E-state index contributed by atoms with van der Waals surface area (Å²) in [5.41, 5.74) is 9.40. The summed E-state index contributed by atoms with van der Waals surface area (Å²) in [7, 11) is 0. The molecular weight excluding hydrogens is 484 g/mol. The van der Waals surface area contributed by atoms with Crippen molar-refractivity contribution in [1.29, 1.82) is 0 Å². The van der Waals surface area contributed by atoms with Crippen molar-refractivity contribution in [1.82, 2.24) is 39.7 Å². The van der Waals surface area contributed by atoms with E-state index in [2.05, 4.69) is 67.0 Å². The highest BCUT2D eigenvalue weighted by atomic mass is 15.1. The number of aromatic amines is 2. The Balaban J connectivity index is 1.33. The fraction of sp³-hybridized carbons (Fsp3) is 0.129. The van der Waals surface area contributed by atoms with Crippen LogP contribution >= 0.6 is 0 Å². The van der Waals surface area contributed by atoms with E-state index < -0.39 is 0 Å². The Bertz CT molecular complexity index is 1800. The molecule has 0 spiro atoms. The SMILES string of the molecule is C=C/C=C(\c1nc(-c2n[nH]c3cnc(-c4cncc(CCc5ccccc5)c4)cc23)[nH]c1C)n1cnc(C)c1. The molecule has 39 heavy (non-hydrogen) atoms. The number of pyridine rings is 2. The van der Waals surface area contributed by atoms with Gasteiger partial charge in [-0.05, 0) is 56.0 Å². The summed E-state index contributed by atoms with van der Waals surface area (Å²) in [6, 6.07) is 14.7. The zero-order chi connectivity index (χ0) is 26.8. The predicted molar refractivity (Wildman–Crippen MR) is 154 cm³/mol. The van der Waals surface area contributed by atoms with Crippen LogP contribution in [0.15, 0.2) is 92.3 Å². The molecule has 0 atom stereocenters. The van der Waals surface area contributed by atoms with Crippen LogP contribution in [0.25, 0.3) is 39.4 Å². The van der Waals surface area contributed by atoms with Crippen LogP contribution in [0, 0.1) is 13.8 Å². The molecule has 0 radical (unpaired) electrons. The predicted octanol–water partition coefficient (Wildman–Crippen LogP) is 6.08. The van der Waals surface area contributed by atoms with Gasteiger partial charge in [-0.1, -0.05) is 43.0 Å². The van der Waals surface area contributed by atoms with Gasteiger partial charge in [-0.15, -0.1) is 0 Å². The fourth-order valence-electron chi connectivity index (χ4n) is 4.73. The van der Waals surface area contributed by atoms with Crippen LogP contribution in [0.4, 0.5) is 0 Å². The Morgan fingerprint density at radius 1 is 1.00 bits per heavy atom. The fourth-order valence-corrected chi connectivity index (χ4v) is 4.73. The van der Waals surface area contributed by atoms with E-state index in [4.69, 9.17) is 4.98 Å². The molecule has 0 unspecified atom stereocenters.